The fraction of sp³-hybridized carbons (Fsp3) is 1.00. The highest BCUT2D eigenvalue weighted by atomic mass is 32.2. The van der Waals surface area contributed by atoms with Crippen molar-refractivity contribution >= 4 is 17.7 Å². The molecule has 13 heavy (non-hydrogen) atoms. The van der Waals surface area contributed by atoms with Crippen LogP contribution in [0.3, 0.4) is 0 Å². The smallest absolute Gasteiger partial charge is 0.312 e. The Bertz CT molecular complexity index is 275. The van der Waals surface area contributed by atoms with Gasteiger partial charge < -0.3 is 9.05 Å². The normalized spacial score (nSPS) is 13.2. The molecule has 0 heterocycles. The molecule has 0 saturated carbocycles. The maximum atomic E-state index is 11.3. The Kier molecular flexibility index (Phi) is 5.09. The molecule has 0 aromatic carbocycles. The molecule has 0 N–H and O–H groups in total. The number of rotatable bonds is 6. The van der Waals surface area contributed by atoms with Crippen LogP contribution >= 0.6 is 7.60 Å². The summed E-state index contributed by atoms with van der Waals surface area (Å²) in [6, 6.07) is 0. The van der Waals surface area contributed by atoms with E-state index < -0.39 is 17.7 Å². The van der Waals surface area contributed by atoms with Crippen LogP contribution in [0.2, 0.25) is 0 Å². The van der Waals surface area contributed by atoms with E-state index in [9.17, 15) is 13.0 Å². The van der Waals surface area contributed by atoms with E-state index >= 15 is 0 Å². The van der Waals surface area contributed by atoms with Crippen LogP contribution in [-0.4, -0.2) is 41.7 Å². The summed E-state index contributed by atoms with van der Waals surface area (Å²) >= 11 is 0. The SMILES string of the molecule is COP(=O)(CCS(=O)(=O)OC)OC. The van der Waals surface area contributed by atoms with Crippen molar-refractivity contribution in [3.63, 3.8) is 0 Å². The molecule has 0 aromatic rings. The van der Waals surface area contributed by atoms with Crippen molar-refractivity contribution in [2.75, 3.05) is 33.2 Å². The lowest BCUT2D eigenvalue weighted by Gasteiger charge is -2.12. The van der Waals surface area contributed by atoms with Gasteiger partial charge in [0.1, 0.15) is 0 Å². The second-order valence-electron chi connectivity index (χ2n) is 2.13. The second kappa shape index (κ2) is 5.07. The third kappa shape index (κ3) is 4.73. The third-order valence-electron chi connectivity index (χ3n) is 1.43. The van der Waals surface area contributed by atoms with Gasteiger partial charge in [0, 0.05) is 14.2 Å². The number of hydrogen-bond acceptors (Lipinski definition) is 6. The molecule has 0 aliphatic rings. The minimum Gasteiger partial charge on any atom is -0.312 e. The van der Waals surface area contributed by atoms with Crippen molar-refractivity contribution in [2.45, 2.75) is 0 Å². The molecular formula is C5H13O6PS. The molecule has 0 bridgehead atoms. The van der Waals surface area contributed by atoms with Crippen molar-refractivity contribution in [1.82, 2.24) is 0 Å². The summed E-state index contributed by atoms with van der Waals surface area (Å²) in [5.41, 5.74) is 0. The standard InChI is InChI=1S/C5H13O6PS/c1-9-12(6,10-2)4-5-13(7,8)11-3/h4-5H2,1-3H3. The van der Waals surface area contributed by atoms with E-state index in [0.717, 1.165) is 7.11 Å². The molecule has 0 aliphatic heterocycles. The van der Waals surface area contributed by atoms with Crippen LogP contribution < -0.4 is 0 Å². The monoisotopic (exact) mass is 232 g/mol. The molecule has 0 atom stereocenters. The Morgan fingerprint density at radius 1 is 1.15 bits per heavy atom. The zero-order valence-corrected chi connectivity index (χ0v) is 9.43. The first-order chi connectivity index (χ1) is 5.89. The van der Waals surface area contributed by atoms with E-state index in [-0.39, 0.29) is 11.9 Å². The van der Waals surface area contributed by atoms with Gasteiger partial charge in [-0.1, -0.05) is 0 Å². The molecule has 0 aromatic heterocycles. The first-order valence-corrected chi connectivity index (χ1v) is 6.68. The predicted octanol–water partition coefficient (Wildman–Crippen LogP) is 0.448. The Hall–Kier alpha value is 0.0600. The topological polar surface area (TPSA) is 78.9 Å². The summed E-state index contributed by atoms with van der Waals surface area (Å²) in [7, 11) is -3.42. The minimum atomic E-state index is -3.61. The molecule has 0 rings (SSSR count). The molecule has 0 spiro atoms. The Morgan fingerprint density at radius 2 is 1.62 bits per heavy atom. The van der Waals surface area contributed by atoms with Crippen LogP contribution in [0.15, 0.2) is 0 Å². The number of hydrogen-bond donors (Lipinski definition) is 0. The molecule has 8 heteroatoms. The molecule has 6 nitrogen and oxygen atoms in total. The van der Waals surface area contributed by atoms with Crippen molar-refractivity contribution in [3.8, 4) is 0 Å². The van der Waals surface area contributed by atoms with Crippen LogP contribution in [0, 0.1) is 0 Å². The van der Waals surface area contributed by atoms with Crippen LogP contribution in [0.1, 0.15) is 0 Å². The van der Waals surface area contributed by atoms with E-state index in [0.29, 0.717) is 0 Å². The summed E-state index contributed by atoms with van der Waals surface area (Å²) in [6.45, 7) is 0. The van der Waals surface area contributed by atoms with E-state index in [1.807, 2.05) is 0 Å². The second-order valence-corrected chi connectivity index (χ2v) is 6.38. The molecular weight excluding hydrogens is 219 g/mol. The Morgan fingerprint density at radius 3 is 1.92 bits per heavy atom. The lowest BCUT2D eigenvalue weighted by atomic mass is 11.0. The molecule has 0 saturated heterocycles. The van der Waals surface area contributed by atoms with Crippen LogP contribution in [0.4, 0.5) is 0 Å². The van der Waals surface area contributed by atoms with Gasteiger partial charge in [-0.05, 0) is 0 Å². The molecule has 0 fully saturated rings. The summed E-state index contributed by atoms with van der Waals surface area (Å²) in [6.07, 6.45) is -0.212. The van der Waals surface area contributed by atoms with Crippen molar-refractivity contribution in [2.24, 2.45) is 0 Å². The summed E-state index contributed by atoms with van der Waals surface area (Å²) in [4.78, 5) is 0. The predicted molar refractivity (Wildman–Crippen MR) is 47.3 cm³/mol. The Balaban J connectivity index is 4.24. The zero-order chi connectivity index (χ0) is 10.5. The summed E-state index contributed by atoms with van der Waals surface area (Å²) in [5, 5.41) is 0. The average Bonchev–Trinajstić information content (AvgIpc) is 2.14. The highest BCUT2D eigenvalue weighted by Gasteiger charge is 2.24. The van der Waals surface area contributed by atoms with Crippen molar-refractivity contribution in [3.05, 3.63) is 0 Å². The highest BCUT2D eigenvalue weighted by Crippen LogP contribution is 2.45. The first kappa shape index (κ1) is 13.1. The largest absolute Gasteiger partial charge is 0.331 e. The third-order valence-corrected chi connectivity index (χ3v) is 4.82. The summed E-state index contributed by atoms with van der Waals surface area (Å²) < 4.78 is 46.2. The lowest BCUT2D eigenvalue weighted by molar-refractivity contribution is 0.277. The van der Waals surface area contributed by atoms with E-state index in [2.05, 4.69) is 13.2 Å². The first-order valence-electron chi connectivity index (χ1n) is 3.38. The van der Waals surface area contributed by atoms with Crippen LogP contribution in [0.25, 0.3) is 0 Å². The minimum absolute atomic E-state index is 0.212. The van der Waals surface area contributed by atoms with Gasteiger partial charge in [0.15, 0.2) is 0 Å². The summed E-state index contributed by atoms with van der Waals surface area (Å²) in [5.74, 6) is -0.386. The highest BCUT2D eigenvalue weighted by molar-refractivity contribution is 7.87. The van der Waals surface area contributed by atoms with E-state index in [1.54, 1.807) is 0 Å². The molecule has 80 valence electrons. The van der Waals surface area contributed by atoms with Gasteiger partial charge in [-0.25, -0.2) is 0 Å². The van der Waals surface area contributed by atoms with Gasteiger partial charge >= 0.3 is 7.60 Å². The lowest BCUT2D eigenvalue weighted by Crippen LogP contribution is -2.12. The van der Waals surface area contributed by atoms with Crippen molar-refractivity contribution < 1.29 is 26.2 Å². The molecule has 0 amide bonds. The van der Waals surface area contributed by atoms with Gasteiger partial charge in [0.05, 0.1) is 19.0 Å². The van der Waals surface area contributed by atoms with Crippen LogP contribution in [-0.2, 0) is 27.9 Å². The maximum absolute atomic E-state index is 11.3. The average molecular weight is 232 g/mol. The molecule has 0 aliphatic carbocycles. The fourth-order valence-electron chi connectivity index (χ4n) is 0.564. The van der Waals surface area contributed by atoms with Gasteiger partial charge in [-0.2, -0.15) is 8.42 Å². The molecule has 0 unspecified atom stereocenters. The van der Waals surface area contributed by atoms with Gasteiger partial charge in [-0.3, -0.25) is 8.75 Å². The maximum Gasteiger partial charge on any atom is 0.331 e. The van der Waals surface area contributed by atoms with E-state index in [4.69, 9.17) is 0 Å². The van der Waals surface area contributed by atoms with Gasteiger partial charge in [-0.15, -0.1) is 0 Å². The quantitative estimate of drug-likeness (QED) is 0.488. The fourth-order valence-corrected chi connectivity index (χ4v) is 3.03. The molecule has 0 radical (unpaired) electrons. The van der Waals surface area contributed by atoms with Gasteiger partial charge in [0.25, 0.3) is 10.1 Å². The van der Waals surface area contributed by atoms with Crippen molar-refractivity contribution in [1.29, 1.82) is 0 Å². The Labute approximate surface area is 77.8 Å². The zero-order valence-electron chi connectivity index (χ0n) is 7.72. The van der Waals surface area contributed by atoms with Crippen LogP contribution in [0.5, 0.6) is 0 Å². The van der Waals surface area contributed by atoms with Gasteiger partial charge in [0.2, 0.25) is 0 Å². The van der Waals surface area contributed by atoms with E-state index in [1.165, 1.54) is 14.2 Å².